The van der Waals surface area contributed by atoms with E-state index in [0.29, 0.717) is 11.8 Å². The summed E-state index contributed by atoms with van der Waals surface area (Å²) in [6.07, 6.45) is 7.12. The van der Waals surface area contributed by atoms with Crippen molar-refractivity contribution in [1.29, 1.82) is 0 Å². The third kappa shape index (κ3) is 3.31. The molecule has 0 saturated carbocycles. The third-order valence-electron chi connectivity index (χ3n) is 5.82. The molecule has 2 fully saturated rings. The van der Waals surface area contributed by atoms with Gasteiger partial charge < -0.3 is 14.4 Å². The lowest BCUT2D eigenvalue weighted by molar-refractivity contribution is 0.301. The zero-order chi connectivity index (χ0) is 18.9. The third-order valence-corrected chi connectivity index (χ3v) is 5.82. The summed E-state index contributed by atoms with van der Waals surface area (Å²) >= 11 is 0. The number of pyridine rings is 1. The molecule has 28 heavy (non-hydrogen) atoms. The van der Waals surface area contributed by atoms with E-state index in [1.807, 2.05) is 30.6 Å². The van der Waals surface area contributed by atoms with Crippen LogP contribution in [-0.2, 0) is 6.54 Å². The van der Waals surface area contributed by atoms with Crippen molar-refractivity contribution in [3.05, 3.63) is 65.6 Å². The Balaban J connectivity index is 1.20. The van der Waals surface area contributed by atoms with Gasteiger partial charge in [0.15, 0.2) is 5.82 Å². The van der Waals surface area contributed by atoms with Gasteiger partial charge in [0.25, 0.3) is 5.56 Å². The summed E-state index contributed by atoms with van der Waals surface area (Å²) in [5.41, 5.74) is 0.0739. The van der Waals surface area contributed by atoms with Gasteiger partial charge in [-0.05, 0) is 24.0 Å². The Hall–Kier alpha value is -3.00. The molecule has 3 aromatic heterocycles. The Morgan fingerprint density at radius 1 is 0.929 bits per heavy atom. The fourth-order valence-corrected chi connectivity index (χ4v) is 4.39. The van der Waals surface area contributed by atoms with Crippen LogP contribution in [0, 0.1) is 11.8 Å². The van der Waals surface area contributed by atoms with Crippen molar-refractivity contribution in [1.82, 2.24) is 29.2 Å². The van der Waals surface area contributed by atoms with Crippen molar-refractivity contribution in [3.63, 3.8) is 0 Å². The molecule has 0 radical (unpaired) electrons. The SMILES string of the molecule is O=c1ccccn1CCN1CC2CN(c3cc(-n4cccn4)ncn3)CC2C1. The van der Waals surface area contributed by atoms with Crippen LogP contribution < -0.4 is 10.5 Å². The van der Waals surface area contributed by atoms with Crippen LogP contribution in [0.3, 0.4) is 0 Å². The first kappa shape index (κ1) is 17.1. The minimum atomic E-state index is 0.0739. The minimum absolute atomic E-state index is 0.0739. The summed E-state index contributed by atoms with van der Waals surface area (Å²) in [6, 6.07) is 9.22. The average Bonchev–Trinajstić information content (AvgIpc) is 3.44. The quantitative estimate of drug-likeness (QED) is 0.658. The van der Waals surface area contributed by atoms with Crippen LogP contribution in [0.1, 0.15) is 0 Å². The van der Waals surface area contributed by atoms with Gasteiger partial charge in [-0.3, -0.25) is 4.79 Å². The van der Waals surface area contributed by atoms with E-state index in [2.05, 4.69) is 24.9 Å². The van der Waals surface area contributed by atoms with Gasteiger partial charge in [-0.1, -0.05) is 6.07 Å². The first-order valence-electron chi connectivity index (χ1n) is 9.71. The smallest absolute Gasteiger partial charge is 0.250 e. The Morgan fingerprint density at radius 3 is 2.50 bits per heavy atom. The van der Waals surface area contributed by atoms with Gasteiger partial charge >= 0.3 is 0 Å². The maximum Gasteiger partial charge on any atom is 0.250 e. The van der Waals surface area contributed by atoms with Gasteiger partial charge in [-0.2, -0.15) is 5.10 Å². The number of likely N-dealkylation sites (tertiary alicyclic amines) is 1. The molecule has 0 bridgehead atoms. The lowest BCUT2D eigenvalue weighted by atomic mass is 10.0. The molecule has 0 N–H and O–H groups in total. The highest BCUT2D eigenvalue weighted by Crippen LogP contribution is 2.33. The molecule has 2 unspecified atom stereocenters. The molecule has 2 aliphatic rings. The summed E-state index contributed by atoms with van der Waals surface area (Å²) in [5.74, 6) is 3.06. The lowest BCUT2D eigenvalue weighted by Gasteiger charge is -2.22. The van der Waals surface area contributed by atoms with E-state index < -0.39 is 0 Å². The fourth-order valence-electron chi connectivity index (χ4n) is 4.39. The van der Waals surface area contributed by atoms with Gasteiger partial charge in [0.1, 0.15) is 12.1 Å². The second-order valence-electron chi connectivity index (χ2n) is 7.60. The van der Waals surface area contributed by atoms with Crippen LogP contribution in [-0.4, -0.2) is 61.9 Å². The highest BCUT2D eigenvalue weighted by atomic mass is 16.1. The second-order valence-corrected chi connectivity index (χ2v) is 7.60. The molecule has 5 heterocycles. The first-order valence-corrected chi connectivity index (χ1v) is 9.71. The van der Waals surface area contributed by atoms with Crippen LogP contribution in [0.2, 0.25) is 0 Å². The number of rotatable bonds is 5. The highest BCUT2D eigenvalue weighted by Gasteiger charge is 2.40. The van der Waals surface area contributed by atoms with Crippen LogP contribution in [0.5, 0.6) is 0 Å². The summed E-state index contributed by atoms with van der Waals surface area (Å²) < 4.78 is 3.55. The molecule has 0 amide bonds. The van der Waals surface area contributed by atoms with Gasteiger partial charge in [-0.25, -0.2) is 14.6 Å². The largest absolute Gasteiger partial charge is 0.356 e. The van der Waals surface area contributed by atoms with Gasteiger partial charge in [-0.15, -0.1) is 0 Å². The molecule has 8 heteroatoms. The molecule has 0 aliphatic carbocycles. The van der Waals surface area contributed by atoms with Gasteiger partial charge in [0.05, 0.1) is 0 Å². The van der Waals surface area contributed by atoms with E-state index in [-0.39, 0.29) is 5.56 Å². The van der Waals surface area contributed by atoms with Gasteiger partial charge in [0.2, 0.25) is 0 Å². The topological polar surface area (TPSA) is 72.1 Å². The second kappa shape index (κ2) is 7.20. The molecular formula is C20H23N7O. The summed E-state index contributed by atoms with van der Waals surface area (Å²) in [6.45, 7) is 5.87. The van der Waals surface area contributed by atoms with Crippen molar-refractivity contribution >= 4 is 5.82 Å². The summed E-state index contributed by atoms with van der Waals surface area (Å²) in [7, 11) is 0. The van der Waals surface area contributed by atoms with Crippen molar-refractivity contribution in [3.8, 4) is 5.82 Å². The number of fused-ring (bicyclic) bond motifs is 1. The van der Waals surface area contributed by atoms with E-state index in [9.17, 15) is 4.79 Å². The predicted octanol–water partition coefficient (Wildman–Crippen LogP) is 0.892. The van der Waals surface area contributed by atoms with Crippen molar-refractivity contribution in [2.24, 2.45) is 11.8 Å². The molecule has 2 saturated heterocycles. The lowest BCUT2D eigenvalue weighted by Crippen LogP contribution is -2.32. The van der Waals surface area contributed by atoms with E-state index >= 15 is 0 Å². The first-order chi connectivity index (χ1) is 13.8. The monoisotopic (exact) mass is 377 g/mol. The normalized spacial score (nSPS) is 21.9. The maximum absolute atomic E-state index is 11.9. The number of hydrogen-bond acceptors (Lipinski definition) is 6. The molecule has 0 spiro atoms. The van der Waals surface area contributed by atoms with Crippen molar-refractivity contribution in [2.45, 2.75) is 6.54 Å². The number of aromatic nitrogens is 5. The molecule has 5 rings (SSSR count). The Labute approximate surface area is 163 Å². The molecular weight excluding hydrogens is 354 g/mol. The summed E-state index contributed by atoms with van der Waals surface area (Å²) in [5, 5.41) is 4.25. The Kier molecular flexibility index (Phi) is 4.40. The van der Waals surface area contributed by atoms with Gasteiger partial charge in [0, 0.05) is 70.0 Å². The van der Waals surface area contributed by atoms with Crippen LogP contribution in [0.4, 0.5) is 5.82 Å². The van der Waals surface area contributed by atoms with E-state index in [4.69, 9.17) is 0 Å². The molecule has 0 aromatic carbocycles. The summed E-state index contributed by atoms with van der Waals surface area (Å²) in [4.78, 5) is 25.5. The number of nitrogens with zero attached hydrogens (tertiary/aromatic N) is 7. The fraction of sp³-hybridized carbons (Fsp3) is 0.400. The molecule has 2 aliphatic heterocycles. The zero-order valence-electron chi connectivity index (χ0n) is 15.6. The maximum atomic E-state index is 11.9. The molecule has 144 valence electrons. The molecule has 3 aromatic rings. The van der Waals surface area contributed by atoms with E-state index in [1.165, 1.54) is 0 Å². The Morgan fingerprint density at radius 2 is 1.75 bits per heavy atom. The highest BCUT2D eigenvalue weighted by molar-refractivity contribution is 5.44. The number of hydrogen-bond donors (Lipinski definition) is 0. The van der Waals surface area contributed by atoms with E-state index in [1.54, 1.807) is 33.9 Å². The van der Waals surface area contributed by atoms with Crippen LogP contribution >= 0.6 is 0 Å². The van der Waals surface area contributed by atoms with Crippen LogP contribution in [0.15, 0.2) is 60.0 Å². The Bertz CT molecular complexity index is 986. The van der Waals surface area contributed by atoms with E-state index in [0.717, 1.165) is 50.9 Å². The zero-order valence-corrected chi connectivity index (χ0v) is 15.6. The standard InChI is InChI=1S/C20H23N7O/c28-20-4-1-2-6-25(20)9-8-24-11-16-13-26(14-17(16)12-24)18-10-19(22-15-21-18)27-7-3-5-23-27/h1-7,10,15-17H,8-9,11-14H2. The molecule has 8 nitrogen and oxygen atoms in total. The van der Waals surface area contributed by atoms with Crippen molar-refractivity contribution < 1.29 is 0 Å². The van der Waals surface area contributed by atoms with Crippen LogP contribution in [0.25, 0.3) is 5.82 Å². The predicted molar refractivity (Wildman–Crippen MR) is 105 cm³/mol. The average molecular weight is 377 g/mol. The minimum Gasteiger partial charge on any atom is -0.356 e. The number of anilines is 1. The van der Waals surface area contributed by atoms with Crippen molar-refractivity contribution in [2.75, 3.05) is 37.6 Å². The molecule has 2 atom stereocenters.